The van der Waals surface area contributed by atoms with E-state index >= 15 is 0 Å². The van der Waals surface area contributed by atoms with E-state index in [0.717, 1.165) is 6.42 Å². The molecule has 0 bridgehead atoms. The lowest BCUT2D eigenvalue weighted by molar-refractivity contribution is -0.150. The Kier molecular flexibility index (Phi) is 8.12. The number of rotatable bonds is 9. The van der Waals surface area contributed by atoms with E-state index in [9.17, 15) is 4.79 Å². The highest BCUT2D eigenvalue weighted by molar-refractivity contribution is 5.80. The Morgan fingerprint density at radius 1 is 1.41 bits per heavy atom. The van der Waals surface area contributed by atoms with Crippen molar-refractivity contribution < 1.29 is 19.0 Å². The molecule has 0 heterocycles. The minimum atomic E-state index is -0.989. The summed E-state index contributed by atoms with van der Waals surface area (Å²) in [5, 5.41) is 0. The number of carbonyl (C=O) groups is 1. The van der Waals surface area contributed by atoms with Gasteiger partial charge < -0.3 is 19.9 Å². The smallest absolute Gasteiger partial charge is 0.325 e. The van der Waals surface area contributed by atoms with E-state index in [1.807, 2.05) is 6.92 Å². The molecule has 0 amide bonds. The fraction of sp³-hybridized carbons (Fsp3) is 0.917. The SMILES string of the molecule is CCOC(=O)C(C)(N)CC(C)OCCCOC. The molecule has 0 aliphatic carbocycles. The minimum Gasteiger partial charge on any atom is -0.465 e. The molecule has 102 valence electrons. The van der Waals surface area contributed by atoms with Crippen molar-refractivity contribution in [3.8, 4) is 0 Å². The van der Waals surface area contributed by atoms with Crippen molar-refractivity contribution in [2.75, 3.05) is 26.9 Å². The lowest BCUT2D eigenvalue weighted by Crippen LogP contribution is -2.48. The van der Waals surface area contributed by atoms with Crippen LogP contribution in [0.5, 0.6) is 0 Å². The molecule has 5 heteroatoms. The molecule has 5 nitrogen and oxygen atoms in total. The summed E-state index contributed by atoms with van der Waals surface area (Å²) in [5.74, 6) is -0.382. The Morgan fingerprint density at radius 3 is 2.59 bits per heavy atom. The molecule has 0 fully saturated rings. The van der Waals surface area contributed by atoms with Gasteiger partial charge in [0.05, 0.1) is 12.7 Å². The topological polar surface area (TPSA) is 70.8 Å². The molecule has 17 heavy (non-hydrogen) atoms. The summed E-state index contributed by atoms with van der Waals surface area (Å²) in [6.45, 7) is 6.95. The zero-order valence-electron chi connectivity index (χ0n) is 11.3. The van der Waals surface area contributed by atoms with Crippen LogP contribution in [0.1, 0.15) is 33.6 Å². The van der Waals surface area contributed by atoms with Gasteiger partial charge in [-0.3, -0.25) is 4.79 Å². The van der Waals surface area contributed by atoms with Crippen LogP contribution in [0.25, 0.3) is 0 Å². The van der Waals surface area contributed by atoms with E-state index in [1.165, 1.54) is 0 Å². The first-order valence-electron chi connectivity index (χ1n) is 6.00. The van der Waals surface area contributed by atoms with Gasteiger partial charge >= 0.3 is 5.97 Å². The van der Waals surface area contributed by atoms with Crippen LogP contribution < -0.4 is 5.73 Å². The van der Waals surface area contributed by atoms with Crippen molar-refractivity contribution in [3.63, 3.8) is 0 Å². The largest absolute Gasteiger partial charge is 0.465 e. The van der Waals surface area contributed by atoms with Crippen molar-refractivity contribution in [1.82, 2.24) is 0 Å². The zero-order valence-corrected chi connectivity index (χ0v) is 11.3. The standard InChI is InChI=1S/C12H25NO4/c1-5-16-11(14)12(3,13)9-10(2)17-8-6-7-15-4/h10H,5-9,13H2,1-4H3. The molecule has 0 saturated carbocycles. The number of methoxy groups -OCH3 is 1. The van der Waals surface area contributed by atoms with E-state index in [0.29, 0.717) is 26.2 Å². The summed E-state index contributed by atoms with van der Waals surface area (Å²) in [7, 11) is 1.65. The Hall–Kier alpha value is -0.650. The highest BCUT2D eigenvalue weighted by atomic mass is 16.5. The maximum atomic E-state index is 11.6. The van der Waals surface area contributed by atoms with Crippen LogP contribution in [0.15, 0.2) is 0 Å². The van der Waals surface area contributed by atoms with Crippen molar-refractivity contribution >= 4 is 5.97 Å². The Balaban J connectivity index is 3.91. The number of hydrogen-bond acceptors (Lipinski definition) is 5. The Morgan fingerprint density at radius 2 is 2.06 bits per heavy atom. The molecular weight excluding hydrogens is 222 g/mol. The third kappa shape index (κ3) is 7.31. The maximum Gasteiger partial charge on any atom is 0.325 e. The first-order chi connectivity index (χ1) is 7.94. The molecule has 0 aliphatic rings. The molecule has 0 aromatic heterocycles. The van der Waals surface area contributed by atoms with Crippen LogP contribution in [0.2, 0.25) is 0 Å². The molecule has 2 N–H and O–H groups in total. The first-order valence-corrected chi connectivity index (χ1v) is 6.00. The second-order valence-corrected chi connectivity index (χ2v) is 4.37. The molecule has 0 aliphatic heterocycles. The van der Waals surface area contributed by atoms with Crippen LogP contribution in [-0.2, 0) is 19.0 Å². The highest BCUT2D eigenvalue weighted by Gasteiger charge is 2.31. The molecule has 0 saturated heterocycles. The van der Waals surface area contributed by atoms with E-state index < -0.39 is 5.54 Å². The molecule has 0 radical (unpaired) electrons. The van der Waals surface area contributed by atoms with Crippen LogP contribution in [-0.4, -0.2) is 44.5 Å². The lowest BCUT2D eigenvalue weighted by atomic mass is 9.96. The van der Waals surface area contributed by atoms with Gasteiger partial charge in [0.15, 0.2) is 0 Å². The second kappa shape index (κ2) is 8.44. The van der Waals surface area contributed by atoms with Crippen molar-refractivity contribution in [3.05, 3.63) is 0 Å². The second-order valence-electron chi connectivity index (χ2n) is 4.37. The van der Waals surface area contributed by atoms with E-state index in [4.69, 9.17) is 19.9 Å². The summed E-state index contributed by atoms with van der Waals surface area (Å²) >= 11 is 0. The number of esters is 1. The summed E-state index contributed by atoms with van der Waals surface area (Å²) in [6.07, 6.45) is 1.20. The van der Waals surface area contributed by atoms with Crippen LogP contribution in [0.3, 0.4) is 0 Å². The molecule has 0 spiro atoms. The van der Waals surface area contributed by atoms with Crippen LogP contribution in [0.4, 0.5) is 0 Å². The van der Waals surface area contributed by atoms with Gasteiger partial charge in [-0.05, 0) is 27.2 Å². The fourth-order valence-corrected chi connectivity index (χ4v) is 1.52. The van der Waals surface area contributed by atoms with Crippen LogP contribution >= 0.6 is 0 Å². The number of ether oxygens (including phenoxy) is 3. The molecular formula is C12H25NO4. The summed E-state index contributed by atoms with van der Waals surface area (Å²) in [6, 6.07) is 0. The third-order valence-corrected chi connectivity index (χ3v) is 2.35. The van der Waals surface area contributed by atoms with Gasteiger partial charge in [-0.1, -0.05) is 0 Å². The van der Waals surface area contributed by atoms with E-state index in [2.05, 4.69) is 0 Å². The fourth-order valence-electron chi connectivity index (χ4n) is 1.52. The van der Waals surface area contributed by atoms with Crippen molar-refractivity contribution in [2.24, 2.45) is 5.73 Å². The molecule has 0 rings (SSSR count). The van der Waals surface area contributed by atoms with Gasteiger partial charge in [-0.2, -0.15) is 0 Å². The zero-order chi connectivity index (χ0) is 13.3. The normalized spacial score (nSPS) is 16.3. The quantitative estimate of drug-likeness (QED) is 0.488. The number of nitrogens with two attached hydrogens (primary N) is 1. The summed E-state index contributed by atoms with van der Waals surface area (Å²) in [5.41, 5.74) is 4.91. The maximum absolute atomic E-state index is 11.6. The van der Waals surface area contributed by atoms with Gasteiger partial charge in [-0.25, -0.2) is 0 Å². The van der Waals surface area contributed by atoms with Gasteiger partial charge in [0.1, 0.15) is 5.54 Å². The predicted octanol–water partition coefficient (Wildman–Crippen LogP) is 1.10. The Labute approximate surface area is 104 Å². The summed E-state index contributed by atoms with van der Waals surface area (Å²) < 4.78 is 15.4. The minimum absolute atomic E-state index is 0.0775. The molecule has 0 aromatic rings. The molecule has 0 aromatic carbocycles. The van der Waals surface area contributed by atoms with E-state index in [-0.39, 0.29) is 12.1 Å². The monoisotopic (exact) mass is 247 g/mol. The molecule has 2 unspecified atom stereocenters. The first kappa shape index (κ1) is 16.4. The Bertz CT molecular complexity index is 219. The average Bonchev–Trinajstić information content (AvgIpc) is 2.24. The van der Waals surface area contributed by atoms with Crippen molar-refractivity contribution in [1.29, 1.82) is 0 Å². The van der Waals surface area contributed by atoms with Gasteiger partial charge in [-0.15, -0.1) is 0 Å². The highest BCUT2D eigenvalue weighted by Crippen LogP contribution is 2.13. The lowest BCUT2D eigenvalue weighted by Gasteiger charge is -2.25. The average molecular weight is 247 g/mol. The third-order valence-electron chi connectivity index (χ3n) is 2.35. The molecule has 2 atom stereocenters. The van der Waals surface area contributed by atoms with Crippen LogP contribution in [0, 0.1) is 0 Å². The van der Waals surface area contributed by atoms with E-state index in [1.54, 1.807) is 21.0 Å². The number of hydrogen-bond donors (Lipinski definition) is 1. The van der Waals surface area contributed by atoms with Gasteiger partial charge in [0.25, 0.3) is 0 Å². The predicted molar refractivity (Wildman–Crippen MR) is 65.7 cm³/mol. The van der Waals surface area contributed by atoms with Gasteiger partial charge in [0.2, 0.25) is 0 Å². The number of carbonyl (C=O) groups excluding carboxylic acids is 1. The van der Waals surface area contributed by atoms with Gasteiger partial charge in [0, 0.05) is 26.7 Å². The van der Waals surface area contributed by atoms with Crippen molar-refractivity contribution in [2.45, 2.75) is 45.3 Å². The summed E-state index contributed by atoms with van der Waals surface area (Å²) in [4.78, 5) is 11.6.